The van der Waals surface area contributed by atoms with Gasteiger partial charge >= 0.3 is 12.1 Å². The maximum Gasteiger partial charge on any atom is 0.408 e. The van der Waals surface area contributed by atoms with E-state index in [0.29, 0.717) is 0 Å². The first-order valence-corrected chi connectivity index (χ1v) is 8.23. The Morgan fingerprint density at radius 1 is 0.963 bits per heavy atom. The summed E-state index contributed by atoms with van der Waals surface area (Å²) in [5.74, 6) is -1.75. The van der Waals surface area contributed by atoms with E-state index in [-0.39, 0.29) is 12.2 Å². The molecule has 0 saturated heterocycles. The second kappa shape index (κ2) is 8.93. The zero-order valence-corrected chi connectivity index (χ0v) is 15.0. The number of hydrogen-bond donors (Lipinski definition) is 1. The van der Waals surface area contributed by atoms with Gasteiger partial charge in [0.05, 0.1) is 0 Å². The third-order valence-corrected chi connectivity index (χ3v) is 3.64. The molecule has 0 heterocycles. The average molecular weight is 373 g/mol. The molecule has 0 unspecified atom stereocenters. The van der Waals surface area contributed by atoms with E-state index < -0.39 is 35.8 Å². The zero-order chi connectivity index (χ0) is 19.9. The minimum Gasteiger partial charge on any atom is -0.456 e. The highest BCUT2D eigenvalue weighted by Crippen LogP contribution is 2.09. The Labute approximate surface area is 156 Å². The molecule has 0 aromatic heterocycles. The summed E-state index contributed by atoms with van der Waals surface area (Å²) >= 11 is 0. The van der Waals surface area contributed by atoms with Gasteiger partial charge in [0.25, 0.3) is 0 Å². The molecular weight excluding hydrogens is 353 g/mol. The molecule has 0 bridgehead atoms. The third-order valence-electron chi connectivity index (χ3n) is 3.64. The van der Waals surface area contributed by atoms with Crippen molar-refractivity contribution in [2.45, 2.75) is 26.0 Å². The molecular formula is C20H20FNO5. The van der Waals surface area contributed by atoms with Gasteiger partial charge in [-0.15, -0.1) is 0 Å². The summed E-state index contributed by atoms with van der Waals surface area (Å²) in [6.45, 7) is 2.40. The lowest BCUT2D eigenvalue weighted by Crippen LogP contribution is -2.51. The molecule has 0 aliphatic heterocycles. The van der Waals surface area contributed by atoms with Gasteiger partial charge in [0.15, 0.2) is 12.4 Å². The number of ether oxygens (including phenoxy) is 2. The summed E-state index contributed by atoms with van der Waals surface area (Å²) in [5.41, 5.74) is -0.369. The predicted octanol–water partition coefficient (Wildman–Crippen LogP) is 3.26. The molecule has 0 atom stereocenters. The number of Topliss-reactive ketones (excluding diaryl/α,β-unsaturated/α-hetero) is 1. The minimum atomic E-state index is -1.39. The first-order valence-electron chi connectivity index (χ1n) is 8.23. The van der Waals surface area contributed by atoms with E-state index in [9.17, 15) is 18.8 Å². The van der Waals surface area contributed by atoms with Crippen LogP contribution in [0.1, 0.15) is 29.8 Å². The van der Waals surface area contributed by atoms with Crippen molar-refractivity contribution < 1.29 is 28.2 Å². The molecule has 0 saturated carbocycles. The number of amides is 1. The average Bonchev–Trinajstić information content (AvgIpc) is 2.65. The number of carbonyl (C=O) groups is 3. The van der Waals surface area contributed by atoms with Gasteiger partial charge in [0, 0.05) is 5.56 Å². The molecule has 6 nitrogen and oxygen atoms in total. The Balaban J connectivity index is 1.82. The molecule has 1 N–H and O–H groups in total. The number of esters is 1. The summed E-state index contributed by atoms with van der Waals surface area (Å²) in [6.07, 6.45) is -0.786. The monoisotopic (exact) mass is 373 g/mol. The SMILES string of the molecule is CC(C)(NC(=O)OCc1ccccc1)C(=O)OCC(=O)c1ccc(F)cc1. The number of rotatable bonds is 7. The standard InChI is InChI=1S/C20H20FNO5/c1-20(2,22-19(25)27-12-14-6-4-3-5-7-14)18(24)26-13-17(23)15-8-10-16(21)11-9-15/h3-11H,12-13H2,1-2H3,(H,22,25). The quantitative estimate of drug-likeness (QED) is 0.595. The smallest absolute Gasteiger partial charge is 0.408 e. The normalized spacial score (nSPS) is 10.8. The highest BCUT2D eigenvalue weighted by molar-refractivity contribution is 5.98. The zero-order valence-electron chi connectivity index (χ0n) is 15.0. The van der Waals surface area contributed by atoms with Crippen LogP contribution >= 0.6 is 0 Å². The number of nitrogens with one attached hydrogen (secondary N) is 1. The molecule has 2 aromatic carbocycles. The fourth-order valence-corrected chi connectivity index (χ4v) is 2.10. The Morgan fingerprint density at radius 3 is 2.22 bits per heavy atom. The summed E-state index contributed by atoms with van der Waals surface area (Å²) < 4.78 is 22.9. The molecule has 1 amide bonds. The maximum atomic E-state index is 12.9. The molecule has 0 fully saturated rings. The lowest BCUT2D eigenvalue weighted by Gasteiger charge is -2.23. The Hall–Kier alpha value is -3.22. The van der Waals surface area contributed by atoms with Crippen LogP contribution in [0.25, 0.3) is 0 Å². The Morgan fingerprint density at radius 2 is 1.59 bits per heavy atom. The maximum absolute atomic E-state index is 12.9. The van der Waals surface area contributed by atoms with Crippen LogP contribution < -0.4 is 5.32 Å². The molecule has 0 aliphatic rings. The summed E-state index contributed by atoms with van der Waals surface area (Å²) in [7, 11) is 0. The first kappa shape index (κ1) is 20.1. The lowest BCUT2D eigenvalue weighted by atomic mass is 10.1. The van der Waals surface area contributed by atoms with Crippen molar-refractivity contribution in [3.05, 3.63) is 71.5 Å². The summed E-state index contributed by atoms with van der Waals surface area (Å²) in [6, 6.07) is 14.0. The molecule has 0 radical (unpaired) electrons. The third kappa shape index (κ3) is 6.22. The van der Waals surface area contributed by atoms with E-state index in [1.165, 1.54) is 26.0 Å². The number of halogens is 1. The van der Waals surface area contributed by atoms with Crippen LogP contribution in [0.15, 0.2) is 54.6 Å². The summed E-state index contributed by atoms with van der Waals surface area (Å²) in [4.78, 5) is 36.0. The molecule has 2 aromatic rings. The van der Waals surface area contributed by atoms with Gasteiger partial charge in [-0.25, -0.2) is 14.0 Å². The fraction of sp³-hybridized carbons (Fsp3) is 0.250. The number of alkyl carbamates (subject to hydrolysis) is 1. The van der Waals surface area contributed by atoms with Gasteiger partial charge in [-0.05, 0) is 43.7 Å². The number of ketones is 1. The van der Waals surface area contributed by atoms with Crippen LogP contribution in [0.2, 0.25) is 0 Å². The number of carbonyl (C=O) groups excluding carboxylic acids is 3. The second-order valence-corrected chi connectivity index (χ2v) is 6.32. The molecule has 142 valence electrons. The van der Waals surface area contributed by atoms with Crippen molar-refractivity contribution in [2.75, 3.05) is 6.61 Å². The molecule has 0 spiro atoms. The molecule has 0 aliphatic carbocycles. The summed E-state index contributed by atoms with van der Waals surface area (Å²) in [5, 5.41) is 2.40. The van der Waals surface area contributed by atoms with Crippen molar-refractivity contribution in [2.24, 2.45) is 0 Å². The lowest BCUT2D eigenvalue weighted by molar-refractivity contribution is -0.148. The topological polar surface area (TPSA) is 81.7 Å². The Bertz CT molecular complexity index is 803. The van der Waals surface area contributed by atoms with Crippen LogP contribution in [-0.2, 0) is 20.9 Å². The van der Waals surface area contributed by atoms with Crippen molar-refractivity contribution >= 4 is 17.8 Å². The van der Waals surface area contributed by atoms with Crippen molar-refractivity contribution in [1.82, 2.24) is 5.32 Å². The highest BCUT2D eigenvalue weighted by Gasteiger charge is 2.32. The van der Waals surface area contributed by atoms with Crippen LogP contribution in [0.5, 0.6) is 0 Å². The molecule has 27 heavy (non-hydrogen) atoms. The molecule has 7 heteroatoms. The van der Waals surface area contributed by atoms with Crippen molar-refractivity contribution in [1.29, 1.82) is 0 Å². The van der Waals surface area contributed by atoms with E-state index >= 15 is 0 Å². The van der Waals surface area contributed by atoms with E-state index in [1.54, 1.807) is 12.1 Å². The van der Waals surface area contributed by atoms with Gasteiger partial charge in [-0.3, -0.25) is 4.79 Å². The van der Waals surface area contributed by atoms with E-state index in [1.807, 2.05) is 18.2 Å². The number of hydrogen-bond acceptors (Lipinski definition) is 5. The van der Waals surface area contributed by atoms with E-state index in [2.05, 4.69) is 5.32 Å². The van der Waals surface area contributed by atoms with Crippen LogP contribution in [0.3, 0.4) is 0 Å². The van der Waals surface area contributed by atoms with Crippen molar-refractivity contribution in [3.8, 4) is 0 Å². The largest absolute Gasteiger partial charge is 0.456 e. The van der Waals surface area contributed by atoms with Crippen molar-refractivity contribution in [3.63, 3.8) is 0 Å². The van der Waals surface area contributed by atoms with E-state index in [0.717, 1.165) is 17.7 Å². The van der Waals surface area contributed by atoms with Crippen LogP contribution in [0, 0.1) is 5.82 Å². The predicted molar refractivity (Wildman–Crippen MR) is 95.5 cm³/mol. The van der Waals surface area contributed by atoms with Gasteiger partial charge in [0.1, 0.15) is 18.0 Å². The first-order chi connectivity index (χ1) is 12.8. The fourth-order valence-electron chi connectivity index (χ4n) is 2.10. The second-order valence-electron chi connectivity index (χ2n) is 6.32. The van der Waals surface area contributed by atoms with Gasteiger partial charge in [0.2, 0.25) is 0 Å². The molecule has 2 rings (SSSR count). The van der Waals surface area contributed by atoms with Crippen LogP contribution in [0.4, 0.5) is 9.18 Å². The minimum absolute atomic E-state index is 0.0564. The van der Waals surface area contributed by atoms with E-state index in [4.69, 9.17) is 9.47 Å². The van der Waals surface area contributed by atoms with Gasteiger partial charge in [-0.2, -0.15) is 0 Å². The van der Waals surface area contributed by atoms with Gasteiger partial charge in [-0.1, -0.05) is 30.3 Å². The van der Waals surface area contributed by atoms with Gasteiger partial charge < -0.3 is 14.8 Å². The Kier molecular flexibility index (Phi) is 6.65. The highest BCUT2D eigenvalue weighted by atomic mass is 19.1. The van der Waals surface area contributed by atoms with Crippen LogP contribution in [-0.4, -0.2) is 30.0 Å². The number of benzene rings is 2.